The highest BCUT2D eigenvalue weighted by Crippen LogP contribution is 2.45. The molecule has 0 radical (unpaired) electrons. The maximum absolute atomic E-state index is 12.1. The van der Waals surface area contributed by atoms with E-state index in [9.17, 15) is 9.59 Å². The van der Waals surface area contributed by atoms with Gasteiger partial charge in [0.05, 0.1) is 0 Å². The van der Waals surface area contributed by atoms with Crippen LogP contribution in [-0.4, -0.2) is 18.9 Å². The first-order valence-corrected chi connectivity index (χ1v) is 7.53. The van der Waals surface area contributed by atoms with Crippen molar-refractivity contribution in [2.75, 3.05) is 7.05 Å². The maximum Gasteiger partial charge on any atom is 0.223 e. The van der Waals surface area contributed by atoms with E-state index in [-0.39, 0.29) is 23.7 Å². The molecule has 4 nitrogen and oxygen atoms in total. The summed E-state index contributed by atoms with van der Waals surface area (Å²) in [6, 6.07) is 0. The van der Waals surface area contributed by atoms with Crippen molar-refractivity contribution >= 4 is 11.8 Å². The van der Waals surface area contributed by atoms with Crippen LogP contribution in [0.15, 0.2) is 0 Å². The van der Waals surface area contributed by atoms with Gasteiger partial charge in [0.1, 0.15) is 0 Å². The molecule has 4 atom stereocenters. The Hall–Kier alpha value is -1.06. The number of carbonyl (C=O) groups excluding carboxylic acids is 2. The van der Waals surface area contributed by atoms with Gasteiger partial charge in [0, 0.05) is 18.9 Å². The molecule has 3 N–H and O–H groups in total. The molecule has 0 bridgehead atoms. The van der Waals surface area contributed by atoms with Crippen LogP contribution in [0.25, 0.3) is 0 Å². The first-order valence-electron chi connectivity index (χ1n) is 7.53. The summed E-state index contributed by atoms with van der Waals surface area (Å²) >= 11 is 0. The van der Waals surface area contributed by atoms with Gasteiger partial charge in [-0.25, -0.2) is 0 Å². The van der Waals surface area contributed by atoms with E-state index in [4.69, 9.17) is 5.73 Å². The van der Waals surface area contributed by atoms with Gasteiger partial charge in [0.25, 0.3) is 0 Å². The fraction of sp³-hybridized carbons (Fsp3) is 0.867. The average Bonchev–Trinajstić information content (AvgIpc) is 3.26. The van der Waals surface area contributed by atoms with E-state index in [1.54, 1.807) is 7.05 Å². The van der Waals surface area contributed by atoms with E-state index >= 15 is 0 Å². The van der Waals surface area contributed by atoms with Crippen LogP contribution in [0.2, 0.25) is 0 Å². The second-order valence-electron chi connectivity index (χ2n) is 6.46. The highest BCUT2D eigenvalue weighted by molar-refractivity contribution is 5.86. The molecule has 0 spiro atoms. The molecule has 2 amide bonds. The Morgan fingerprint density at radius 1 is 1.32 bits per heavy atom. The number of hydrogen-bond acceptors (Lipinski definition) is 2. The van der Waals surface area contributed by atoms with Gasteiger partial charge in [-0.1, -0.05) is 19.8 Å². The van der Waals surface area contributed by atoms with Crippen molar-refractivity contribution in [2.45, 2.75) is 45.4 Å². The summed E-state index contributed by atoms with van der Waals surface area (Å²) in [5.41, 5.74) is 5.55. The van der Waals surface area contributed by atoms with Gasteiger partial charge in [-0.3, -0.25) is 9.59 Å². The first kappa shape index (κ1) is 14.4. The highest BCUT2D eigenvalue weighted by Gasteiger charge is 2.41. The van der Waals surface area contributed by atoms with Crippen molar-refractivity contribution in [1.29, 1.82) is 0 Å². The fourth-order valence-corrected chi connectivity index (χ4v) is 3.06. The fourth-order valence-electron chi connectivity index (χ4n) is 3.06. The van der Waals surface area contributed by atoms with E-state index in [1.807, 2.05) is 0 Å². The predicted octanol–water partition coefficient (Wildman–Crippen LogP) is 1.69. The normalized spacial score (nSPS) is 28.5. The van der Waals surface area contributed by atoms with Crippen LogP contribution in [0.5, 0.6) is 0 Å². The lowest BCUT2D eigenvalue weighted by molar-refractivity contribution is -0.133. The summed E-state index contributed by atoms with van der Waals surface area (Å²) < 4.78 is 0. The number of rotatable bonds is 8. The summed E-state index contributed by atoms with van der Waals surface area (Å²) in [6.07, 6.45) is 6.37. The molecule has 2 rings (SSSR count). The Labute approximate surface area is 115 Å². The van der Waals surface area contributed by atoms with Gasteiger partial charge in [0.2, 0.25) is 11.8 Å². The molecule has 0 aromatic rings. The average molecular weight is 266 g/mol. The summed E-state index contributed by atoms with van der Waals surface area (Å²) in [5.74, 6) is 1.24. The largest absolute Gasteiger partial charge is 0.369 e. The molecule has 0 saturated heterocycles. The number of hydrogen-bond donors (Lipinski definition) is 2. The molecule has 0 aliphatic heterocycles. The van der Waals surface area contributed by atoms with E-state index in [0.717, 1.165) is 25.2 Å². The zero-order valence-electron chi connectivity index (χ0n) is 12.0. The Bertz CT molecular complexity index is 352. The summed E-state index contributed by atoms with van der Waals surface area (Å²) in [4.78, 5) is 23.8. The Morgan fingerprint density at radius 3 is 2.37 bits per heavy atom. The predicted molar refractivity (Wildman–Crippen MR) is 74.1 cm³/mol. The van der Waals surface area contributed by atoms with E-state index in [0.29, 0.717) is 11.8 Å². The molecule has 2 aliphatic carbocycles. The molecule has 2 fully saturated rings. The highest BCUT2D eigenvalue weighted by atomic mass is 16.2. The quantitative estimate of drug-likeness (QED) is 0.701. The standard InChI is InChI=1S/C15H26N2O2/c1-9-7-11(9)8-13(15(19)17-2)12(14(16)18)6-5-10-3-4-10/h9-13H,3-8H2,1-2H3,(H2,16,18)(H,17,19). The van der Waals surface area contributed by atoms with Crippen molar-refractivity contribution in [2.24, 2.45) is 35.3 Å². The molecule has 0 heterocycles. The van der Waals surface area contributed by atoms with Crippen molar-refractivity contribution in [1.82, 2.24) is 5.32 Å². The molecule has 4 heteroatoms. The molecule has 0 aromatic heterocycles. The summed E-state index contributed by atoms with van der Waals surface area (Å²) in [5, 5.41) is 2.70. The monoisotopic (exact) mass is 266 g/mol. The van der Waals surface area contributed by atoms with Crippen LogP contribution in [0, 0.1) is 29.6 Å². The molecule has 19 heavy (non-hydrogen) atoms. The Kier molecular flexibility index (Phi) is 4.48. The lowest BCUT2D eigenvalue weighted by atomic mass is 9.82. The minimum atomic E-state index is -0.303. The van der Waals surface area contributed by atoms with Crippen molar-refractivity contribution in [3.8, 4) is 0 Å². The minimum Gasteiger partial charge on any atom is -0.369 e. The van der Waals surface area contributed by atoms with Crippen LogP contribution in [0.1, 0.15) is 45.4 Å². The number of nitrogens with two attached hydrogens (primary N) is 1. The number of nitrogens with one attached hydrogen (secondary N) is 1. The Balaban J connectivity index is 1.97. The third kappa shape index (κ3) is 3.95. The molecule has 0 aromatic carbocycles. The molecular weight excluding hydrogens is 240 g/mol. The minimum absolute atomic E-state index is 0.0151. The summed E-state index contributed by atoms with van der Waals surface area (Å²) in [7, 11) is 1.64. The molecular formula is C15H26N2O2. The first-order chi connectivity index (χ1) is 9.02. The second-order valence-corrected chi connectivity index (χ2v) is 6.46. The lowest BCUT2D eigenvalue weighted by Crippen LogP contribution is -2.39. The van der Waals surface area contributed by atoms with Gasteiger partial charge in [-0.15, -0.1) is 0 Å². The van der Waals surface area contributed by atoms with E-state index < -0.39 is 0 Å². The number of amides is 2. The molecule has 2 saturated carbocycles. The third-order valence-corrected chi connectivity index (χ3v) is 4.85. The topological polar surface area (TPSA) is 72.2 Å². The van der Waals surface area contributed by atoms with Gasteiger partial charge in [-0.2, -0.15) is 0 Å². The maximum atomic E-state index is 12.1. The van der Waals surface area contributed by atoms with Crippen LogP contribution < -0.4 is 11.1 Å². The lowest BCUT2D eigenvalue weighted by Gasteiger charge is -2.23. The third-order valence-electron chi connectivity index (χ3n) is 4.85. The zero-order chi connectivity index (χ0) is 14.0. The Morgan fingerprint density at radius 2 is 1.95 bits per heavy atom. The molecule has 4 unspecified atom stereocenters. The number of carbonyl (C=O) groups is 2. The van der Waals surface area contributed by atoms with Crippen molar-refractivity contribution in [3.05, 3.63) is 0 Å². The van der Waals surface area contributed by atoms with E-state index in [1.165, 1.54) is 19.3 Å². The van der Waals surface area contributed by atoms with Crippen LogP contribution in [-0.2, 0) is 9.59 Å². The summed E-state index contributed by atoms with van der Waals surface area (Å²) in [6.45, 7) is 2.20. The molecule has 2 aliphatic rings. The SMILES string of the molecule is CNC(=O)C(CC1CC1C)C(CCC1CC1)C(N)=O. The van der Waals surface area contributed by atoms with Crippen LogP contribution in [0.3, 0.4) is 0 Å². The van der Waals surface area contributed by atoms with Crippen LogP contribution >= 0.6 is 0 Å². The number of primary amides is 1. The van der Waals surface area contributed by atoms with Crippen LogP contribution in [0.4, 0.5) is 0 Å². The van der Waals surface area contributed by atoms with Crippen molar-refractivity contribution < 1.29 is 9.59 Å². The van der Waals surface area contributed by atoms with Crippen molar-refractivity contribution in [3.63, 3.8) is 0 Å². The van der Waals surface area contributed by atoms with Gasteiger partial charge in [-0.05, 0) is 43.4 Å². The zero-order valence-corrected chi connectivity index (χ0v) is 12.0. The van der Waals surface area contributed by atoms with Gasteiger partial charge >= 0.3 is 0 Å². The molecule has 108 valence electrons. The second kappa shape index (κ2) is 5.93. The van der Waals surface area contributed by atoms with Gasteiger partial charge in [0.15, 0.2) is 0 Å². The smallest absolute Gasteiger partial charge is 0.223 e. The van der Waals surface area contributed by atoms with Gasteiger partial charge < -0.3 is 11.1 Å². The van der Waals surface area contributed by atoms with E-state index in [2.05, 4.69) is 12.2 Å².